The van der Waals surface area contributed by atoms with Gasteiger partial charge in [0.15, 0.2) is 0 Å². The second kappa shape index (κ2) is 7.24. The molecule has 0 aromatic heterocycles. The van der Waals surface area contributed by atoms with Gasteiger partial charge in [0.05, 0.1) is 0 Å². The summed E-state index contributed by atoms with van der Waals surface area (Å²) in [7, 11) is 0. The molecule has 1 unspecified atom stereocenters. The molecule has 1 atom stereocenters. The predicted molar refractivity (Wildman–Crippen MR) is 87.0 cm³/mol. The Hall–Kier alpha value is -0.860. The van der Waals surface area contributed by atoms with Gasteiger partial charge in [-0.05, 0) is 31.4 Å². The van der Waals surface area contributed by atoms with Crippen molar-refractivity contribution < 1.29 is 0 Å². The van der Waals surface area contributed by atoms with Gasteiger partial charge in [0.2, 0.25) is 0 Å². The summed E-state index contributed by atoms with van der Waals surface area (Å²) >= 11 is 0. The summed E-state index contributed by atoms with van der Waals surface area (Å²) in [6.45, 7) is 10.5. The molecule has 2 rings (SSSR count). The summed E-state index contributed by atoms with van der Waals surface area (Å²) in [6.07, 6.45) is 5.07. The molecule has 2 nitrogen and oxygen atoms in total. The molecule has 1 heterocycles. The minimum Gasteiger partial charge on any atom is -0.307 e. The van der Waals surface area contributed by atoms with Gasteiger partial charge in [-0.1, -0.05) is 57.5 Å². The van der Waals surface area contributed by atoms with Crippen LogP contribution in [0.25, 0.3) is 0 Å². The van der Waals surface area contributed by atoms with Crippen molar-refractivity contribution in [2.45, 2.75) is 58.0 Å². The molecule has 112 valence electrons. The van der Waals surface area contributed by atoms with Crippen LogP contribution in [0, 0.1) is 0 Å². The fourth-order valence-electron chi connectivity index (χ4n) is 3.44. The molecule has 1 fully saturated rings. The van der Waals surface area contributed by atoms with Crippen LogP contribution in [0.2, 0.25) is 0 Å². The summed E-state index contributed by atoms with van der Waals surface area (Å²) < 4.78 is 0. The van der Waals surface area contributed by atoms with Gasteiger partial charge in [-0.25, -0.2) is 0 Å². The molecule has 0 spiro atoms. The Morgan fingerprint density at radius 1 is 1.15 bits per heavy atom. The molecule has 20 heavy (non-hydrogen) atoms. The molecule has 1 aliphatic heterocycles. The highest BCUT2D eigenvalue weighted by Crippen LogP contribution is 2.31. The average molecular weight is 274 g/mol. The largest absolute Gasteiger partial charge is 0.307 e. The van der Waals surface area contributed by atoms with E-state index in [1.807, 2.05) is 0 Å². The van der Waals surface area contributed by atoms with E-state index in [0.29, 0.717) is 11.6 Å². The standard InChI is InChI=1S/C18H30N2/c1-4-7-13-20-14-17(16-11-9-8-10-12-16)19-15-18(20,5-2)6-3/h8-12,17,19H,4-7,13-15H2,1-3H3. The third kappa shape index (κ3) is 3.24. The topological polar surface area (TPSA) is 15.3 Å². The number of benzene rings is 1. The van der Waals surface area contributed by atoms with Crippen LogP contribution in [-0.2, 0) is 0 Å². The van der Waals surface area contributed by atoms with E-state index in [2.05, 4.69) is 61.3 Å². The van der Waals surface area contributed by atoms with Crippen LogP contribution in [0.1, 0.15) is 58.1 Å². The number of piperazine rings is 1. The predicted octanol–water partition coefficient (Wildman–Crippen LogP) is 3.99. The summed E-state index contributed by atoms with van der Waals surface area (Å²) in [6, 6.07) is 11.4. The summed E-state index contributed by atoms with van der Waals surface area (Å²) in [4.78, 5) is 2.75. The van der Waals surface area contributed by atoms with Crippen molar-refractivity contribution >= 4 is 0 Å². The second-order valence-electron chi connectivity index (χ2n) is 6.08. The summed E-state index contributed by atoms with van der Waals surface area (Å²) in [5.41, 5.74) is 1.79. The van der Waals surface area contributed by atoms with Gasteiger partial charge in [0, 0.05) is 24.7 Å². The quantitative estimate of drug-likeness (QED) is 0.843. The molecule has 0 amide bonds. The Morgan fingerprint density at radius 3 is 2.45 bits per heavy atom. The SMILES string of the molecule is CCCCN1CC(c2ccccc2)NCC1(CC)CC. The number of unbranched alkanes of at least 4 members (excludes halogenated alkanes) is 1. The first-order chi connectivity index (χ1) is 9.75. The lowest BCUT2D eigenvalue weighted by atomic mass is 9.86. The third-order valence-corrected chi connectivity index (χ3v) is 5.05. The molecule has 0 radical (unpaired) electrons. The minimum atomic E-state index is 0.362. The van der Waals surface area contributed by atoms with E-state index in [9.17, 15) is 0 Å². The van der Waals surface area contributed by atoms with Crippen LogP contribution in [0.3, 0.4) is 0 Å². The van der Waals surface area contributed by atoms with Crippen LogP contribution in [0.5, 0.6) is 0 Å². The minimum absolute atomic E-state index is 0.362. The molecule has 0 saturated carbocycles. The van der Waals surface area contributed by atoms with Crippen molar-refractivity contribution in [2.24, 2.45) is 0 Å². The smallest absolute Gasteiger partial charge is 0.0450 e. The Kier molecular flexibility index (Phi) is 5.62. The Labute approximate surface area is 124 Å². The highest BCUT2D eigenvalue weighted by atomic mass is 15.3. The van der Waals surface area contributed by atoms with Gasteiger partial charge in [0.1, 0.15) is 0 Å². The van der Waals surface area contributed by atoms with Gasteiger partial charge in [-0.2, -0.15) is 0 Å². The van der Waals surface area contributed by atoms with E-state index in [-0.39, 0.29) is 0 Å². The fourth-order valence-corrected chi connectivity index (χ4v) is 3.44. The molecule has 1 aliphatic rings. The molecule has 1 aromatic carbocycles. The Bertz CT molecular complexity index is 384. The number of nitrogens with zero attached hydrogens (tertiary/aromatic N) is 1. The number of hydrogen-bond donors (Lipinski definition) is 1. The van der Waals surface area contributed by atoms with E-state index < -0.39 is 0 Å². The van der Waals surface area contributed by atoms with Gasteiger partial charge >= 0.3 is 0 Å². The van der Waals surface area contributed by atoms with Crippen LogP contribution < -0.4 is 5.32 Å². The first-order valence-electron chi connectivity index (χ1n) is 8.29. The molecule has 1 N–H and O–H groups in total. The van der Waals surface area contributed by atoms with Crippen molar-refractivity contribution in [3.8, 4) is 0 Å². The summed E-state index contributed by atoms with van der Waals surface area (Å²) in [5.74, 6) is 0. The highest BCUT2D eigenvalue weighted by Gasteiger charge is 2.38. The van der Waals surface area contributed by atoms with Crippen molar-refractivity contribution in [1.29, 1.82) is 0 Å². The van der Waals surface area contributed by atoms with Crippen molar-refractivity contribution in [3.63, 3.8) is 0 Å². The summed E-state index contributed by atoms with van der Waals surface area (Å²) in [5, 5.41) is 3.79. The van der Waals surface area contributed by atoms with E-state index >= 15 is 0 Å². The van der Waals surface area contributed by atoms with E-state index in [1.54, 1.807) is 0 Å². The normalized spacial score (nSPS) is 22.9. The lowest BCUT2D eigenvalue weighted by Gasteiger charge is -2.50. The van der Waals surface area contributed by atoms with E-state index in [0.717, 1.165) is 13.1 Å². The zero-order valence-electron chi connectivity index (χ0n) is 13.4. The van der Waals surface area contributed by atoms with Crippen LogP contribution >= 0.6 is 0 Å². The first-order valence-corrected chi connectivity index (χ1v) is 8.29. The first kappa shape index (κ1) is 15.5. The van der Waals surface area contributed by atoms with Crippen molar-refractivity contribution in [2.75, 3.05) is 19.6 Å². The number of rotatable bonds is 6. The molecule has 0 bridgehead atoms. The zero-order chi connectivity index (χ0) is 14.4. The van der Waals surface area contributed by atoms with Gasteiger partial charge in [0.25, 0.3) is 0 Å². The second-order valence-corrected chi connectivity index (χ2v) is 6.08. The third-order valence-electron chi connectivity index (χ3n) is 5.05. The maximum absolute atomic E-state index is 3.79. The highest BCUT2D eigenvalue weighted by molar-refractivity contribution is 5.20. The maximum atomic E-state index is 3.79. The molecular formula is C18H30N2. The molecule has 1 saturated heterocycles. The Morgan fingerprint density at radius 2 is 1.85 bits per heavy atom. The Balaban J connectivity index is 2.12. The number of nitrogens with one attached hydrogen (secondary N) is 1. The zero-order valence-corrected chi connectivity index (χ0v) is 13.4. The van der Waals surface area contributed by atoms with Crippen LogP contribution in [-0.4, -0.2) is 30.1 Å². The van der Waals surface area contributed by atoms with Gasteiger partial charge in [-0.15, -0.1) is 0 Å². The van der Waals surface area contributed by atoms with Gasteiger partial charge < -0.3 is 5.32 Å². The number of hydrogen-bond acceptors (Lipinski definition) is 2. The molecular weight excluding hydrogens is 244 g/mol. The van der Waals surface area contributed by atoms with E-state index in [4.69, 9.17) is 0 Å². The van der Waals surface area contributed by atoms with Crippen molar-refractivity contribution in [3.05, 3.63) is 35.9 Å². The van der Waals surface area contributed by atoms with Gasteiger partial charge in [-0.3, -0.25) is 4.90 Å². The van der Waals surface area contributed by atoms with E-state index in [1.165, 1.54) is 37.8 Å². The lowest BCUT2D eigenvalue weighted by molar-refractivity contribution is 0.0302. The van der Waals surface area contributed by atoms with Crippen molar-refractivity contribution in [1.82, 2.24) is 10.2 Å². The molecule has 1 aromatic rings. The maximum Gasteiger partial charge on any atom is 0.0450 e. The molecule has 2 heteroatoms. The molecule has 0 aliphatic carbocycles. The van der Waals surface area contributed by atoms with Crippen LogP contribution in [0.15, 0.2) is 30.3 Å². The average Bonchev–Trinajstić information content (AvgIpc) is 2.53. The fraction of sp³-hybridized carbons (Fsp3) is 0.667. The van der Waals surface area contributed by atoms with Crippen LogP contribution in [0.4, 0.5) is 0 Å². The monoisotopic (exact) mass is 274 g/mol. The lowest BCUT2D eigenvalue weighted by Crippen LogP contribution is -2.61.